The highest BCUT2D eigenvalue weighted by Crippen LogP contribution is 2.28. The largest absolute Gasteiger partial charge is 0.368 e. The van der Waals surface area contributed by atoms with E-state index in [1.54, 1.807) is 12.4 Å². The Morgan fingerprint density at radius 2 is 1.65 bits per heavy atom. The summed E-state index contributed by atoms with van der Waals surface area (Å²) in [6.45, 7) is 1.89. The molecule has 0 spiro atoms. The van der Waals surface area contributed by atoms with Gasteiger partial charge in [0.2, 0.25) is 5.95 Å². The van der Waals surface area contributed by atoms with Gasteiger partial charge in [0.05, 0.1) is 5.69 Å². The summed E-state index contributed by atoms with van der Waals surface area (Å²) in [6, 6.07) is 13.8. The summed E-state index contributed by atoms with van der Waals surface area (Å²) in [5.74, 6) is 1.03. The molecule has 3 heterocycles. The Morgan fingerprint density at radius 1 is 0.913 bits per heavy atom. The molecule has 2 N–H and O–H groups in total. The molecule has 3 aromatic heterocycles. The van der Waals surface area contributed by atoms with Crippen molar-refractivity contribution in [2.75, 3.05) is 5.73 Å². The number of pyridine rings is 1. The standard InChI is InChI=1S/C17H14N6/c1-11-14-16(22-17(18)20-11)23(13-5-3-2-4-6-13)15(21-14)12-7-9-19-10-8-12/h2-10H,1H3,(H2,18,20,22). The van der Waals surface area contributed by atoms with Gasteiger partial charge in [0.1, 0.15) is 11.3 Å². The molecule has 0 atom stereocenters. The summed E-state index contributed by atoms with van der Waals surface area (Å²) >= 11 is 0. The van der Waals surface area contributed by atoms with Crippen LogP contribution in [0, 0.1) is 6.92 Å². The van der Waals surface area contributed by atoms with Gasteiger partial charge < -0.3 is 5.73 Å². The van der Waals surface area contributed by atoms with Gasteiger partial charge in [-0.3, -0.25) is 9.55 Å². The first-order valence-corrected chi connectivity index (χ1v) is 7.22. The number of aromatic nitrogens is 5. The molecule has 23 heavy (non-hydrogen) atoms. The number of rotatable bonds is 2. The molecule has 0 aliphatic heterocycles. The summed E-state index contributed by atoms with van der Waals surface area (Å²) in [6.07, 6.45) is 3.49. The first-order valence-electron chi connectivity index (χ1n) is 7.22. The lowest BCUT2D eigenvalue weighted by Gasteiger charge is -2.08. The molecule has 6 heteroatoms. The highest BCUT2D eigenvalue weighted by atomic mass is 15.2. The number of para-hydroxylation sites is 1. The summed E-state index contributed by atoms with van der Waals surface area (Å²) in [5, 5.41) is 0. The molecule has 0 aliphatic carbocycles. The second-order valence-electron chi connectivity index (χ2n) is 5.18. The summed E-state index contributed by atoms with van der Waals surface area (Å²) in [5.41, 5.74) is 9.98. The number of anilines is 1. The predicted octanol–water partition coefficient (Wildman–Crippen LogP) is 2.77. The maximum absolute atomic E-state index is 5.85. The fourth-order valence-electron chi connectivity index (χ4n) is 2.63. The maximum atomic E-state index is 5.85. The Balaban J connectivity index is 2.12. The highest BCUT2D eigenvalue weighted by molar-refractivity contribution is 5.82. The molecule has 0 amide bonds. The zero-order valence-electron chi connectivity index (χ0n) is 12.5. The lowest BCUT2D eigenvalue weighted by atomic mass is 10.2. The van der Waals surface area contributed by atoms with Gasteiger partial charge in [0, 0.05) is 23.6 Å². The minimum Gasteiger partial charge on any atom is -0.368 e. The van der Waals surface area contributed by atoms with Crippen LogP contribution in [0.3, 0.4) is 0 Å². The van der Waals surface area contributed by atoms with Crippen molar-refractivity contribution in [1.29, 1.82) is 0 Å². The number of imidazole rings is 1. The smallest absolute Gasteiger partial charge is 0.222 e. The van der Waals surface area contributed by atoms with Gasteiger partial charge in [-0.25, -0.2) is 9.97 Å². The molecule has 0 saturated heterocycles. The zero-order chi connectivity index (χ0) is 15.8. The average Bonchev–Trinajstić information content (AvgIpc) is 2.96. The minimum atomic E-state index is 0.244. The van der Waals surface area contributed by atoms with Gasteiger partial charge >= 0.3 is 0 Å². The number of nitrogens with zero attached hydrogens (tertiary/aromatic N) is 5. The Bertz CT molecular complexity index is 976. The molecule has 4 aromatic rings. The van der Waals surface area contributed by atoms with Crippen molar-refractivity contribution >= 4 is 17.1 Å². The van der Waals surface area contributed by atoms with Gasteiger partial charge in [-0.1, -0.05) is 18.2 Å². The van der Waals surface area contributed by atoms with Crippen molar-refractivity contribution < 1.29 is 0 Å². The van der Waals surface area contributed by atoms with Crippen molar-refractivity contribution in [3.05, 3.63) is 60.6 Å². The third-order valence-corrected chi connectivity index (χ3v) is 3.65. The van der Waals surface area contributed by atoms with Crippen LogP contribution < -0.4 is 5.73 Å². The molecule has 0 bridgehead atoms. The lowest BCUT2D eigenvalue weighted by molar-refractivity contribution is 1.07. The highest BCUT2D eigenvalue weighted by Gasteiger charge is 2.17. The number of nitrogen functional groups attached to an aromatic ring is 1. The average molecular weight is 302 g/mol. The second-order valence-corrected chi connectivity index (χ2v) is 5.18. The van der Waals surface area contributed by atoms with Crippen molar-refractivity contribution in [2.45, 2.75) is 6.92 Å². The van der Waals surface area contributed by atoms with Crippen LogP contribution in [-0.4, -0.2) is 24.5 Å². The molecular formula is C17H14N6. The van der Waals surface area contributed by atoms with E-state index >= 15 is 0 Å². The van der Waals surface area contributed by atoms with E-state index in [2.05, 4.69) is 15.0 Å². The summed E-state index contributed by atoms with van der Waals surface area (Å²) < 4.78 is 2.00. The predicted molar refractivity (Wildman–Crippen MR) is 89.0 cm³/mol. The van der Waals surface area contributed by atoms with Gasteiger partial charge in [-0.2, -0.15) is 4.98 Å². The number of benzene rings is 1. The normalized spacial score (nSPS) is 11.0. The van der Waals surface area contributed by atoms with Crippen LogP contribution in [0.1, 0.15) is 5.69 Å². The first-order chi connectivity index (χ1) is 11.2. The molecule has 0 aliphatic rings. The third kappa shape index (κ3) is 2.20. The van der Waals surface area contributed by atoms with Gasteiger partial charge in [0.15, 0.2) is 5.65 Å². The summed E-state index contributed by atoms with van der Waals surface area (Å²) in [7, 11) is 0. The Kier molecular flexibility index (Phi) is 3.01. The summed E-state index contributed by atoms with van der Waals surface area (Å²) in [4.78, 5) is 17.5. The monoisotopic (exact) mass is 302 g/mol. The lowest BCUT2D eigenvalue weighted by Crippen LogP contribution is -2.02. The number of fused-ring (bicyclic) bond motifs is 1. The fraction of sp³-hybridized carbons (Fsp3) is 0.0588. The molecule has 0 unspecified atom stereocenters. The van der Waals surface area contributed by atoms with Crippen LogP contribution in [-0.2, 0) is 0 Å². The molecule has 0 fully saturated rings. The van der Waals surface area contributed by atoms with Crippen molar-refractivity contribution in [3.63, 3.8) is 0 Å². The molecule has 4 rings (SSSR count). The number of hydrogen-bond acceptors (Lipinski definition) is 5. The van der Waals surface area contributed by atoms with E-state index in [1.807, 2.05) is 54.0 Å². The van der Waals surface area contributed by atoms with Crippen molar-refractivity contribution in [1.82, 2.24) is 24.5 Å². The van der Waals surface area contributed by atoms with E-state index in [0.717, 1.165) is 28.3 Å². The number of aryl methyl sites for hydroxylation is 1. The van der Waals surface area contributed by atoms with Crippen LogP contribution in [0.25, 0.3) is 28.2 Å². The van der Waals surface area contributed by atoms with Crippen LogP contribution in [0.4, 0.5) is 5.95 Å². The Labute approximate surface area is 132 Å². The van der Waals surface area contributed by atoms with Gasteiger partial charge in [-0.15, -0.1) is 0 Å². The minimum absolute atomic E-state index is 0.244. The molecule has 112 valence electrons. The molecule has 1 aromatic carbocycles. The van der Waals surface area contributed by atoms with Crippen LogP contribution >= 0.6 is 0 Å². The maximum Gasteiger partial charge on any atom is 0.222 e. The van der Waals surface area contributed by atoms with Gasteiger partial charge in [0.25, 0.3) is 0 Å². The number of nitrogens with two attached hydrogens (primary N) is 1. The van der Waals surface area contributed by atoms with Crippen LogP contribution in [0.5, 0.6) is 0 Å². The van der Waals surface area contributed by atoms with Crippen molar-refractivity contribution in [3.8, 4) is 17.1 Å². The van der Waals surface area contributed by atoms with E-state index in [0.29, 0.717) is 5.65 Å². The van der Waals surface area contributed by atoms with Crippen LogP contribution in [0.15, 0.2) is 54.9 Å². The molecule has 6 nitrogen and oxygen atoms in total. The molecular weight excluding hydrogens is 288 g/mol. The Morgan fingerprint density at radius 3 is 2.39 bits per heavy atom. The second kappa shape index (κ2) is 5.17. The van der Waals surface area contributed by atoms with Gasteiger partial charge in [-0.05, 0) is 31.2 Å². The van der Waals surface area contributed by atoms with E-state index in [1.165, 1.54) is 0 Å². The van der Waals surface area contributed by atoms with E-state index in [9.17, 15) is 0 Å². The first kappa shape index (κ1) is 13.4. The fourth-order valence-corrected chi connectivity index (χ4v) is 2.63. The van der Waals surface area contributed by atoms with E-state index in [-0.39, 0.29) is 5.95 Å². The molecule has 0 radical (unpaired) electrons. The number of hydrogen-bond donors (Lipinski definition) is 1. The molecule has 0 saturated carbocycles. The van der Waals surface area contributed by atoms with Crippen LogP contribution in [0.2, 0.25) is 0 Å². The Hall–Kier alpha value is -3.28. The van der Waals surface area contributed by atoms with Crippen molar-refractivity contribution in [2.24, 2.45) is 0 Å². The SMILES string of the molecule is Cc1nc(N)nc2c1nc(-c1ccncc1)n2-c1ccccc1. The van der Waals surface area contributed by atoms with E-state index < -0.39 is 0 Å². The quantitative estimate of drug-likeness (QED) is 0.615. The topological polar surface area (TPSA) is 82.5 Å². The van der Waals surface area contributed by atoms with E-state index in [4.69, 9.17) is 10.7 Å². The zero-order valence-corrected chi connectivity index (χ0v) is 12.5. The third-order valence-electron chi connectivity index (χ3n) is 3.65.